The van der Waals surface area contributed by atoms with E-state index in [0.717, 1.165) is 0 Å². The number of carbonyl (C=O) groups is 2. The first-order chi connectivity index (χ1) is 14.3. The second kappa shape index (κ2) is 8.77. The first kappa shape index (κ1) is 30.6. The molecule has 0 aromatic rings. The van der Waals surface area contributed by atoms with Gasteiger partial charge in [-0.1, -0.05) is 6.58 Å². The van der Waals surface area contributed by atoms with Crippen molar-refractivity contribution in [1.29, 1.82) is 0 Å². The Morgan fingerprint density at radius 3 is 1.39 bits per heavy atom. The highest BCUT2D eigenvalue weighted by Crippen LogP contribution is 2.62. The van der Waals surface area contributed by atoms with Crippen LogP contribution in [0.1, 0.15) is 13.3 Å². The molecule has 0 spiro atoms. The number of ether oxygens (including phenoxy) is 2. The molecule has 0 saturated heterocycles. The number of rotatable bonds is 10. The fourth-order valence-electron chi connectivity index (χ4n) is 1.66. The van der Waals surface area contributed by atoms with Crippen LogP contribution in [0.15, 0.2) is 12.2 Å². The fourth-order valence-corrected chi connectivity index (χ4v) is 1.66. The van der Waals surface area contributed by atoms with Crippen LogP contribution in [-0.4, -0.2) is 60.4 Å². The minimum Gasteiger partial charge on any atom is -0.466 e. The summed E-state index contributed by atoms with van der Waals surface area (Å²) < 4.78 is 201. The minimum atomic E-state index is -8.51. The molecule has 0 aliphatic rings. The molecule has 0 N–H and O–H groups in total. The average molecular weight is 526 g/mol. The summed E-state index contributed by atoms with van der Waals surface area (Å²) in [5.41, 5.74) is -1.55. The van der Waals surface area contributed by atoms with Crippen LogP contribution in [0.25, 0.3) is 0 Å². The van der Waals surface area contributed by atoms with E-state index in [1.165, 1.54) is 6.92 Å². The third-order valence-corrected chi connectivity index (χ3v) is 3.47. The van der Waals surface area contributed by atoms with Crippen LogP contribution in [0, 0.1) is 0 Å². The monoisotopic (exact) mass is 526 g/mol. The van der Waals surface area contributed by atoms with E-state index in [4.69, 9.17) is 0 Å². The lowest BCUT2D eigenvalue weighted by atomic mass is 9.93. The van der Waals surface area contributed by atoms with Gasteiger partial charge in [0.1, 0.15) is 0 Å². The van der Waals surface area contributed by atoms with Gasteiger partial charge < -0.3 is 9.47 Å². The molecule has 0 radical (unpaired) electrons. The zero-order valence-corrected chi connectivity index (χ0v) is 15.4. The molecule has 0 aromatic carbocycles. The molecule has 33 heavy (non-hydrogen) atoms. The molecule has 0 saturated carbocycles. The topological polar surface area (TPSA) is 52.6 Å². The second-order valence-corrected chi connectivity index (χ2v) is 5.86. The van der Waals surface area contributed by atoms with Crippen molar-refractivity contribution >= 4 is 11.9 Å². The summed E-state index contributed by atoms with van der Waals surface area (Å²) in [5, 5.41) is 0. The van der Waals surface area contributed by atoms with Gasteiger partial charge in [0.05, 0.1) is 13.0 Å². The van der Waals surface area contributed by atoms with Crippen LogP contribution in [0.3, 0.4) is 0 Å². The lowest BCUT2D eigenvalue weighted by Gasteiger charge is -2.40. The van der Waals surface area contributed by atoms with Crippen LogP contribution in [-0.2, 0) is 19.1 Å². The molecular weight excluding hydrogens is 517 g/mol. The zero-order valence-electron chi connectivity index (χ0n) is 15.4. The first-order valence-corrected chi connectivity index (χ1v) is 7.66. The van der Waals surface area contributed by atoms with Gasteiger partial charge in [-0.05, 0) is 6.92 Å². The largest absolute Gasteiger partial charge is 0.473 e. The van der Waals surface area contributed by atoms with Gasteiger partial charge in [-0.25, -0.2) is 4.79 Å². The SMILES string of the molecule is C=C(CC(=O)OCC)C(=O)OC(F)(F)C(F)(F)C(F)(F)C(F)(F)C(F)(F)C(F)(F)C(F)(F)F. The number of hydrogen-bond donors (Lipinski definition) is 0. The van der Waals surface area contributed by atoms with Crippen molar-refractivity contribution in [1.82, 2.24) is 0 Å². The minimum absolute atomic E-state index is 0.395. The maximum absolute atomic E-state index is 13.5. The molecule has 194 valence electrons. The van der Waals surface area contributed by atoms with Crippen LogP contribution >= 0.6 is 0 Å². The lowest BCUT2D eigenvalue weighted by molar-refractivity contribution is -0.467. The van der Waals surface area contributed by atoms with Gasteiger partial charge in [-0.3, -0.25) is 4.79 Å². The summed E-state index contributed by atoms with van der Waals surface area (Å²) in [4.78, 5) is 22.2. The Kier molecular flexibility index (Phi) is 8.14. The Bertz CT molecular complexity index is 769. The van der Waals surface area contributed by atoms with Gasteiger partial charge >= 0.3 is 53.8 Å². The zero-order chi connectivity index (χ0) is 27.1. The first-order valence-electron chi connectivity index (χ1n) is 7.66. The lowest BCUT2D eigenvalue weighted by Crippen LogP contribution is -2.73. The van der Waals surface area contributed by atoms with E-state index in [-0.39, 0.29) is 0 Å². The molecule has 0 heterocycles. The third kappa shape index (κ3) is 4.95. The summed E-state index contributed by atoms with van der Waals surface area (Å²) >= 11 is 0. The van der Waals surface area contributed by atoms with Crippen molar-refractivity contribution < 1.29 is 84.9 Å². The molecule has 0 unspecified atom stereocenters. The summed E-state index contributed by atoms with van der Waals surface area (Å²) in [6.45, 7) is 3.30. The van der Waals surface area contributed by atoms with E-state index < -0.39 is 72.4 Å². The Morgan fingerprint density at radius 2 is 1.03 bits per heavy atom. The normalized spacial score (nSPS) is 14.7. The maximum Gasteiger partial charge on any atom is 0.473 e. The van der Waals surface area contributed by atoms with E-state index in [9.17, 15) is 75.4 Å². The van der Waals surface area contributed by atoms with E-state index in [1.54, 1.807) is 0 Å². The maximum atomic E-state index is 13.5. The Morgan fingerprint density at radius 1 is 0.667 bits per heavy atom. The van der Waals surface area contributed by atoms with Crippen LogP contribution in [0.2, 0.25) is 0 Å². The van der Waals surface area contributed by atoms with E-state index in [2.05, 4.69) is 16.1 Å². The third-order valence-electron chi connectivity index (χ3n) is 3.47. The molecule has 0 aliphatic carbocycles. The number of hydrogen-bond acceptors (Lipinski definition) is 4. The van der Waals surface area contributed by atoms with E-state index >= 15 is 0 Å². The van der Waals surface area contributed by atoms with Crippen molar-refractivity contribution in [3.8, 4) is 0 Å². The number of halogens is 15. The molecule has 0 bridgehead atoms. The van der Waals surface area contributed by atoms with Crippen molar-refractivity contribution in [2.24, 2.45) is 0 Å². The van der Waals surface area contributed by atoms with Gasteiger partial charge in [0.2, 0.25) is 0 Å². The van der Waals surface area contributed by atoms with Crippen LogP contribution in [0.5, 0.6) is 0 Å². The molecule has 19 heteroatoms. The van der Waals surface area contributed by atoms with Gasteiger partial charge in [-0.2, -0.15) is 65.9 Å². The standard InChI is InChI=1S/C14H9F15O4/c1-3-32-6(30)4-5(2)7(31)33-14(28,29)12(23,24)10(19,20)8(15,16)9(17,18)11(21,22)13(25,26)27/h2-4H2,1H3. The highest BCUT2D eigenvalue weighted by molar-refractivity contribution is 5.93. The number of esters is 2. The highest BCUT2D eigenvalue weighted by atomic mass is 19.4. The number of alkyl halides is 15. The predicted octanol–water partition coefficient (Wildman–Crippen LogP) is 5.37. The fraction of sp³-hybridized carbons (Fsp3) is 0.714. The summed E-state index contributed by atoms with van der Waals surface area (Å²) in [6, 6.07) is 0. The van der Waals surface area contributed by atoms with Crippen molar-refractivity contribution in [2.75, 3.05) is 6.61 Å². The van der Waals surface area contributed by atoms with Gasteiger partial charge in [0.15, 0.2) is 0 Å². The van der Waals surface area contributed by atoms with E-state index in [0.29, 0.717) is 0 Å². The van der Waals surface area contributed by atoms with Crippen molar-refractivity contribution in [3.05, 3.63) is 12.2 Å². The van der Waals surface area contributed by atoms with Gasteiger partial charge in [0.25, 0.3) is 0 Å². The van der Waals surface area contributed by atoms with Gasteiger partial charge in [0, 0.05) is 5.57 Å². The molecular formula is C14H9F15O4. The van der Waals surface area contributed by atoms with Crippen molar-refractivity contribution in [2.45, 2.75) is 55.2 Å². The quantitative estimate of drug-likeness (QED) is 0.218. The Balaban J connectivity index is 6.21. The summed E-state index contributed by atoms with van der Waals surface area (Å²) in [5.74, 6) is -45.8. The molecule has 0 fully saturated rings. The average Bonchev–Trinajstić information content (AvgIpc) is 2.59. The smallest absolute Gasteiger partial charge is 0.466 e. The summed E-state index contributed by atoms with van der Waals surface area (Å²) in [6.07, 6.45) is -16.4. The van der Waals surface area contributed by atoms with E-state index in [1.807, 2.05) is 0 Å². The molecule has 0 rings (SSSR count). The highest BCUT2D eigenvalue weighted by Gasteiger charge is 2.94. The predicted molar refractivity (Wildman–Crippen MR) is 72.2 cm³/mol. The molecule has 0 aliphatic heterocycles. The Hall–Kier alpha value is -2.37. The van der Waals surface area contributed by atoms with Crippen LogP contribution < -0.4 is 0 Å². The number of carbonyl (C=O) groups excluding carboxylic acids is 2. The Labute approximate surface area is 172 Å². The second-order valence-electron chi connectivity index (χ2n) is 5.86. The summed E-state index contributed by atoms with van der Waals surface area (Å²) in [7, 11) is 0. The molecule has 0 amide bonds. The molecule has 0 atom stereocenters. The molecule has 4 nitrogen and oxygen atoms in total. The van der Waals surface area contributed by atoms with Crippen LogP contribution in [0.4, 0.5) is 65.9 Å². The van der Waals surface area contributed by atoms with Crippen molar-refractivity contribution in [3.63, 3.8) is 0 Å². The molecule has 0 aromatic heterocycles. The van der Waals surface area contributed by atoms with Gasteiger partial charge in [-0.15, -0.1) is 0 Å².